The molecule has 0 amide bonds. The maximum Gasteiger partial charge on any atom is 0.190 e. The highest BCUT2D eigenvalue weighted by molar-refractivity contribution is 6.03. The molecule has 1 fully saturated rings. The summed E-state index contributed by atoms with van der Waals surface area (Å²) in [6, 6.07) is 18.0. The molecule has 4 heteroatoms. The molecule has 0 atom stereocenters. The largest absolute Gasteiger partial charge is 0.291 e. The van der Waals surface area contributed by atoms with Gasteiger partial charge < -0.3 is 0 Å². The van der Waals surface area contributed by atoms with Gasteiger partial charge in [0, 0.05) is 5.56 Å². The lowest BCUT2D eigenvalue weighted by Gasteiger charge is -2.14. The molecule has 1 heterocycles. The number of Topliss-reactive ketones (excluding diaryl/α,β-unsaturated/α-hetero) is 1. The predicted molar refractivity (Wildman–Crippen MR) is 83.4 cm³/mol. The highest BCUT2D eigenvalue weighted by atomic mass is 16.1. The molecule has 0 aliphatic heterocycles. The summed E-state index contributed by atoms with van der Waals surface area (Å²) in [5.41, 5.74) is 2.49. The van der Waals surface area contributed by atoms with Crippen LogP contribution in [0.1, 0.15) is 23.2 Å². The fourth-order valence-corrected chi connectivity index (χ4v) is 2.82. The van der Waals surface area contributed by atoms with Gasteiger partial charge >= 0.3 is 0 Å². The molecule has 0 radical (unpaired) electrons. The third-order valence-electron chi connectivity index (χ3n) is 4.26. The number of hydrogen-bond acceptors (Lipinski definition) is 3. The van der Waals surface area contributed by atoms with Crippen molar-refractivity contribution >= 4 is 5.78 Å². The second-order valence-electron chi connectivity index (χ2n) is 5.64. The van der Waals surface area contributed by atoms with Crippen molar-refractivity contribution in [2.75, 3.05) is 0 Å². The quantitative estimate of drug-likeness (QED) is 0.692. The average molecular weight is 289 g/mol. The Hall–Kier alpha value is -2.75. The molecule has 0 N–H and O–H groups in total. The van der Waals surface area contributed by atoms with Crippen LogP contribution in [0.2, 0.25) is 0 Å². The normalized spacial score (nSPS) is 15.5. The minimum absolute atomic E-state index is 0.123. The first kappa shape index (κ1) is 13.0. The van der Waals surface area contributed by atoms with Crippen LogP contribution in [0.4, 0.5) is 0 Å². The first-order valence-corrected chi connectivity index (χ1v) is 7.35. The minimum Gasteiger partial charge on any atom is -0.291 e. The number of carbonyl (C=O) groups is 1. The summed E-state index contributed by atoms with van der Waals surface area (Å²) in [5, 5.41) is 4.15. The van der Waals surface area contributed by atoms with Crippen molar-refractivity contribution in [3.8, 4) is 11.1 Å². The molecule has 0 saturated heterocycles. The van der Waals surface area contributed by atoms with E-state index in [0.717, 1.165) is 29.5 Å². The van der Waals surface area contributed by atoms with Crippen molar-refractivity contribution in [1.82, 2.24) is 14.8 Å². The van der Waals surface area contributed by atoms with E-state index in [0.29, 0.717) is 0 Å². The van der Waals surface area contributed by atoms with Gasteiger partial charge in [-0.3, -0.25) is 4.79 Å². The van der Waals surface area contributed by atoms with Gasteiger partial charge in [-0.15, -0.1) is 0 Å². The van der Waals surface area contributed by atoms with Crippen molar-refractivity contribution in [3.05, 3.63) is 72.8 Å². The van der Waals surface area contributed by atoms with Gasteiger partial charge in [-0.2, -0.15) is 5.10 Å². The smallest absolute Gasteiger partial charge is 0.190 e. The number of aromatic nitrogens is 3. The van der Waals surface area contributed by atoms with Crippen LogP contribution in [-0.2, 0) is 5.54 Å². The Morgan fingerprint density at radius 2 is 1.64 bits per heavy atom. The maximum absolute atomic E-state index is 12.8. The van der Waals surface area contributed by atoms with Crippen molar-refractivity contribution in [3.63, 3.8) is 0 Å². The van der Waals surface area contributed by atoms with E-state index in [2.05, 4.69) is 22.2 Å². The fourth-order valence-electron chi connectivity index (χ4n) is 2.82. The number of hydrogen-bond donors (Lipinski definition) is 0. The van der Waals surface area contributed by atoms with Gasteiger partial charge in [0.05, 0.1) is 0 Å². The summed E-state index contributed by atoms with van der Waals surface area (Å²) >= 11 is 0. The lowest BCUT2D eigenvalue weighted by molar-refractivity contribution is 0.0896. The Bertz CT molecular complexity index is 788. The molecule has 2 aromatic carbocycles. The predicted octanol–water partition coefficient (Wildman–Crippen LogP) is 3.32. The van der Waals surface area contributed by atoms with Gasteiger partial charge in [0.15, 0.2) is 5.78 Å². The van der Waals surface area contributed by atoms with E-state index in [1.54, 1.807) is 11.0 Å². The summed E-state index contributed by atoms with van der Waals surface area (Å²) in [7, 11) is 0. The Kier molecular flexibility index (Phi) is 2.89. The van der Waals surface area contributed by atoms with E-state index in [1.807, 2.05) is 42.5 Å². The second kappa shape index (κ2) is 4.91. The van der Waals surface area contributed by atoms with Crippen LogP contribution in [-0.4, -0.2) is 20.5 Å². The molecule has 22 heavy (non-hydrogen) atoms. The summed E-state index contributed by atoms with van der Waals surface area (Å²) in [4.78, 5) is 16.7. The standard InChI is InChI=1S/C18H15N3O/c22-17(18(10-11-18)21-13-19-12-20-21)16-8-6-15(7-9-16)14-4-2-1-3-5-14/h1-9,12-13H,10-11H2. The average Bonchev–Trinajstić information content (AvgIpc) is 3.21. The van der Waals surface area contributed by atoms with Crippen LogP contribution in [0.3, 0.4) is 0 Å². The van der Waals surface area contributed by atoms with Crippen LogP contribution in [0, 0.1) is 0 Å². The van der Waals surface area contributed by atoms with Crippen molar-refractivity contribution in [2.45, 2.75) is 18.4 Å². The fraction of sp³-hybridized carbons (Fsp3) is 0.167. The second-order valence-corrected chi connectivity index (χ2v) is 5.64. The van der Waals surface area contributed by atoms with Gasteiger partial charge in [0.2, 0.25) is 0 Å². The van der Waals surface area contributed by atoms with Crippen LogP contribution in [0.15, 0.2) is 67.3 Å². The molecule has 0 spiro atoms. The SMILES string of the molecule is O=C(c1ccc(-c2ccccc2)cc1)C1(n2cncn2)CC1. The maximum atomic E-state index is 12.8. The number of nitrogens with zero attached hydrogens (tertiary/aromatic N) is 3. The first-order valence-electron chi connectivity index (χ1n) is 7.35. The molecule has 0 unspecified atom stereocenters. The van der Waals surface area contributed by atoms with E-state index < -0.39 is 5.54 Å². The van der Waals surface area contributed by atoms with Gasteiger partial charge in [0.25, 0.3) is 0 Å². The zero-order valence-corrected chi connectivity index (χ0v) is 12.0. The molecular formula is C18H15N3O. The van der Waals surface area contributed by atoms with Crippen molar-refractivity contribution < 1.29 is 4.79 Å². The molecule has 3 aromatic rings. The highest BCUT2D eigenvalue weighted by Gasteiger charge is 2.52. The molecular weight excluding hydrogens is 274 g/mol. The Morgan fingerprint density at radius 3 is 2.23 bits per heavy atom. The zero-order valence-electron chi connectivity index (χ0n) is 12.0. The highest BCUT2D eigenvalue weighted by Crippen LogP contribution is 2.45. The number of carbonyl (C=O) groups excluding carboxylic acids is 1. The summed E-state index contributed by atoms with van der Waals surface area (Å²) < 4.78 is 1.69. The molecule has 1 saturated carbocycles. The van der Waals surface area contributed by atoms with Crippen LogP contribution in [0.25, 0.3) is 11.1 Å². The van der Waals surface area contributed by atoms with Crippen LogP contribution >= 0.6 is 0 Å². The van der Waals surface area contributed by atoms with E-state index >= 15 is 0 Å². The monoisotopic (exact) mass is 289 g/mol. The van der Waals surface area contributed by atoms with Crippen LogP contribution in [0.5, 0.6) is 0 Å². The summed E-state index contributed by atoms with van der Waals surface area (Å²) in [5.74, 6) is 0.123. The molecule has 1 aliphatic carbocycles. The van der Waals surface area contributed by atoms with E-state index in [4.69, 9.17) is 0 Å². The van der Waals surface area contributed by atoms with E-state index in [1.165, 1.54) is 6.33 Å². The molecule has 4 nitrogen and oxygen atoms in total. The molecule has 0 bridgehead atoms. The lowest BCUT2D eigenvalue weighted by atomic mass is 9.98. The van der Waals surface area contributed by atoms with Crippen LogP contribution < -0.4 is 0 Å². The summed E-state index contributed by atoms with van der Waals surface area (Å²) in [6.07, 6.45) is 4.76. The van der Waals surface area contributed by atoms with Gasteiger partial charge in [-0.05, 0) is 24.0 Å². The summed E-state index contributed by atoms with van der Waals surface area (Å²) in [6.45, 7) is 0. The molecule has 4 rings (SSSR count). The van der Waals surface area contributed by atoms with Crippen molar-refractivity contribution in [2.24, 2.45) is 0 Å². The third-order valence-corrected chi connectivity index (χ3v) is 4.26. The first-order chi connectivity index (χ1) is 10.8. The minimum atomic E-state index is -0.509. The number of ketones is 1. The molecule has 1 aromatic heterocycles. The topological polar surface area (TPSA) is 47.8 Å². The molecule has 108 valence electrons. The number of rotatable bonds is 4. The van der Waals surface area contributed by atoms with Crippen molar-refractivity contribution in [1.29, 1.82) is 0 Å². The third kappa shape index (κ3) is 2.04. The van der Waals surface area contributed by atoms with E-state index in [-0.39, 0.29) is 5.78 Å². The van der Waals surface area contributed by atoms with Gasteiger partial charge in [0.1, 0.15) is 18.2 Å². The van der Waals surface area contributed by atoms with E-state index in [9.17, 15) is 4.79 Å². The number of benzene rings is 2. The lowest BCUT2D eigenvalue weighted by Crippen LogP contribution is -2.28. The van der Waals surface area contributed by atoms with Gasteiger partial charge in [-0.1, -0.05) is 54.6 Å². The zero-order chi connectivity index (χ0) is 15.0. The van der Waals surface area contributed by atoms with Gasteiger partial charge in [-0.25, -0.2) is 9.67 Å². The Balaban J connectivity index is 1.63. The molecule has 1 aliphatic rings. The Morgan fingerprint density at radius 1 is 0.955 bits per heavy atom. The Labute approximate surface area is 128 Å².